The van der Waals surface area contributed by atoms with E-state index in [1.807, 2.05) is 0 Å². The van der Waals surface area contributed by atoms with Crippen molar-refractivity contribution < 1.29 is 13.5 Å². The van der Waals surface area contributed by atoms with Crippen molar-refractivity contribution in [3.05, 3.63) is 40.4 Å². The maximum atomic E-state index is 11.6. The van der Waals surface area contributed by atoms with Crippen LogP contribution in [0.3, 0.4) is 0 Å². The van der Waals surface area contributed by atoms with Crippen molar-refractivity contribution in [3.8, 4) is 0 Å². The van der Waals surface area contributed by atoms with Gasteiger partial charge in [-0.05, 0) is 12.1 Å². The molecule has 3 rings (SSSR count). The number of primary sulfonamides is 1. The van der Waals surface area contributed by atoms with E-state index in [0.717, 1.165) is 5.01 Å². The third-order valence-corrected chi connectivity index (χ3v) is 4.36. The highest BCUT2D eigenvalue weighted by molar-refractivity contribution is 7.89. The SMILES string of the molecule is NS(=O)(=O)c1cccc2c3c(ccc12)NCCN3[N+](=O)[O-]. The van der Waals surface area contributed by atoms with Gasteiger partial charge in [0, 0.05) is 17.3 Å². The molecule has 0 amide bonds. The van der Waals surface area contributed by atoms with E-state index in [0.29, 0.717) is 28.7 Å². The molecule has 2 aromatic rings. The highest BCUT2D eigenvalue weighted by Crippen LogP contribution is 2.38. The quantitative estimate of drug-likeness (QED) is 0.629. The van der Waals surface area contributed by atoms with Gasteiger partial charge in [-0.3, -0.25) is 0 Å². The molecule has 3 N–H and O–H groups in total. The van der Waals surface area contributed by atoms with Gasteiger partial charge in [-0.25, -0.2) is 23.7 Å². The summed E-state index contributed by atoms with van der Waals surface area (Å²) in [6.45, 7) is 0.632. The Kier molecular flexibility index (Phi) is 2.96. The first kappa shape index (κ1) is 13.6. The molecule has 0 radical (unpaired) electrons. The Labute approximate surface area is 120 Å². The Morgan fingerprint density at radius 2 is 2.00 bits per heavy atom. The molecule has 21 heavy (non-hydrogen) atoms. The zero-order valence-corrected chi connectivity index (χ0v) is 11.6. The summed E-state index contributed by atoms with van der Waals surface area (Å²) in [6, 6.07) is 7.78. The van der Waals surface area contributed by atoms with Gasteiger partial charge in [0.2, 0.25) is 10.0 Å². The van der Waals surface area contributed by atoms with Gasteiger partial charge in [-0.2, -0.15) is 0 Å². The molecule has 8 nitrogen and oxygen atoms in total. The minimum absolute atomic E-state index is 0.0447. The minimum atomic E-state index is -3.90. The number of nitro groups is 1. The maximum Gasteiger partial charge on any atom is 0.238 e. The average molecular weight is 308 g/mol. The third kappa shape index (κ3) is 2.16. The predicted molar refractivity (Wildman–Crippen MR) is 78.2 cm³/mol. The van der Waals surface area contributed by atoms with Crippen LogP contribution in [-0.4, -0.2) is 26.5 Å². The van der Waals surface area contributed by atoms with Crippen molar-refractivity contribution in [1.29, 1.82) is 0 Å². The zero-order chi connectivity index (χ0) is 15.2. The van der Waals surface area contributed by atoms with Gasteiger partial charge in [0.15, 0.2) is 5.03 Å². The molecule has 2 aromatic carbocycles. The van der Waals surface area contributed by atoms with Crippen LogP contribution in [0.15, 0.2) is 35.2 Å². The zero-order valence-electron chi connectivity index (χ0n) is 10.8. The van der Waals surface area contributed by atoms with Crippen LogP contribution in [0.1, 0.15) is 0 Å². The number of hydrazine groups is 1. The highest BCUT2D eigenvalue weighted by Gasteiger charge is 2.28. The topological polar surface area (TPSA) is 119 Å². The monoisotopic (exact) mass is 308 g/mol. The molecule has 110 valence electrons. The van der Waals surface area contributed by atoms with E-state index in [1.165, 1.54) is 12.1 Å². The van der Waals surface area contributed by atoms with Crippen molar-refractivity contribution in [2.24, 2.45) is 5.14 Å². The molecule has 9 heteroatoms. The Morgan fingerprint density at radius 1 is 1.24 bits per heavy atom. The van der Waals surface area contributed by atoms with Crippen LogP contribution in [-0.2, 0) is 10.0 Å². The van der Waals surface area contributed by atoms with Crippen molar-refractivity contribution >= 4 is 32.2 Å². The fourth-order valence-electron chi connectivity index (χ4n) is 2.55. The van der Waals surface area contributed by atoms with Crippen LogP contribution in [0, 0.1) is 10.1 Å². The number of nitrogens with two attached hydrogens (primary N) is 1. The molecule has 0 unspecified atom stereocenters. The summed E-state index contributed by atoms with van der Waals surface area (Å²) in [5, 5.41) is 20.8. The van der Waals surface area contributed by atoms with E-state index < -0.39 is 15.1 Å². The lowest BCUT2D eigenvalue weighted by Crippen LogP contribution is -2.38. The number of hydrogen-bond acceptors (Lipinski definition) is 5. The van der Waals surface area contributed by atoms with Crippen LogP contribution in [0.2, 0.25) is 0 Å². The van der Waals surface area contributed by atoms with Crippen LogP contribution >= 0.6 is 0 Å². The van der Waals surface area contributed by atoms with E-state index in [2.05, 4.69) is 5.32 Å². The molecule has 1 aliphatic heterocycles. The first-order chi connectivity index (χ1) is 9.89. The van der Waals surface area contributed by atoms with Crippen LogP contribution in [0.4, 0.5) is 11.4 Å². The van der Waals surface area contributed by atoms with E-state index in [1.54, 1.807) is 18.2 Å². The summed E-state index contributed by atoms with van der Waals surface area (Å²) in [5.74, 6) is 0. The third-order valence-electron chi connectivity index (χ3n) is 3.39. The first-order valence-electron chi connectivity index (χ1n) is 6.14. The summed E-state index contributed by atoms with van der Waals surface area (Å²) in [5.41, 5.74) is 0.950. The normalized spacial score (nSPS) is 14.6. The molecule has 0 aliphatic carbocycles. The van der Waals surface area contributed by atoms with Gasteiger partial charge in [-0.1, -0.05) is 23.2 Å². The molecule has 0 atom stereocenters. The summed E-state index contributed by atoms with van der Waals surface area (Å²) in [4.78, 5) is 11.2. The Balaban J connectivity index is 2.39. The van der Waals surface area contributed by atoms with Crippen molar-refractivity contribution in [3.63, 3.8) is 0 Å². The summed E-state index contributed by atoms with van der Waals surface area (Å²) in [6.07, 6.45) is 0. The molecule has 0 saturated heterocycles. The molecular formula is C12H12N4O4S. The second-order valence-electron chi connectivity index (χ2n) is 4.65. The Bertz CT molecular complexity index is 850. The van der Waals surface area contributed by atoms with Crippen molar-refractivity contribution in [2.75, 3.05) is 23.4 Å². The number of fused-ring (bicyclic) bond motifs is 3. The molecule has 0 fully saturated rings. The molecule has 0 bridgehead atoms. The van der Waals surface area contributed by atoms with Crippen molar-refractivity contribution in [2.45, 2.75) is 4.90 Å². The largest absolute Gasteiger partial charge is 0.381 e. The summed E-state index contributed by atoms with van der Waals surface area (Å²) in [7, 11) is -3.90. The fourth-order valence-corrected chi connectivity index (χ4v) is 3.31. The second kappa shape index (κ2) is 4.57. The molecular weight excluding hydrogens is 296 g/mol. The predicted octanol–water partition coefficient (Wildman–Crippen LogP) is 0.911. The van der Waals surface area contributed by atoms with Crippen LogP contribution < -0.4 is 15.5 Å². The lowest BCUT2D eigenvalue weighted by atomic mass is 10.1. The van der Waals surface area contributed by atoms with Gasteiger partial charge in [0.25, 0.3) is 0 Å². The summed E-state index contributed by atoms with van der Waals surface area (Å²) < 4.78 is 23.3. The molecule has 0 spiro atoms. The second-order valence-corrected chi connectivity index (χ2v) is 6.18. The molecule has 0 saturated carbocycles. The number of nitrogens with zero attached hydrogens (tertiary/aromatic N) is 2. The lowest BCUT2D eigenvalue weighted by molar-refractivity contribution is -0.494. The van der Waals surface area contributed by atoms with E-state index in [4.69, 9.17) is 5.14 Å². The minimum Gasteiger partial charge on any atom is -0.381 e. The van der Waals surface area contributed by atoms with E-state index in [9.17, 15) is 18.5 Å². The average Bonchev–Trinajstić information content (AvgIpc) is 2.44. The maximum absolute atomic E-state index is 11.6. The standard InChI is InChI=1S/C12H12N4O4S/c13-21(19,20)11-3-1-2-9-8(11)4-5-10-12(9)15(16(17)18)7-6-14-10/h1-5,14H,6-7H2,(H2,13,19,20). The van der Waals surface area contributed by atoms with Gasteiger partial charge >= 0.3 is 0 Å². The van der Waals surface area contributed by atoms with Crippen LogP contribution in [0.25, 0.3) is 10.8 Å². The number of nitrogens with one attached hydrogen (secondary N) is 1. The Hall–Kier alpha value is -2.39. The van der Waals surface area contributed by atoms with Gasteiger partial charge < -0.3 is 5.32 Å². The smallest absolute Gasteiger partial charge is 0.238 e. The molecule has 1 heterocycles. The Morgan fingerprint density at radius 3 is 2.67 bits per heavy atom. The van der Waals surface area contributed by atoms with Gasteiger partial charge in [0.05, 0.1) is 10.6 Å². The van der Waals surface area contributed by atoms with Crippen LogP contribution in [0.5, 0.6) is 0 Å². The molecule has 0 aromatic heterocycles. The lowest BCUT2D eigenvalue weighted by Gasteiger charge is -2.25. The highest BCUT2D eigenvalue weighted by atomic mass is 32.2. The fraction of sp³-hybridized carbons (Fsp3) is 0.167. The van der Waals surface area contributed by atoms with E-state index >= 15 is 0 Å². The molecule has 1 aliphatic rings. The number of hydrogen-bond donors (Lipinski definition) is 2. The van der Waals surface area contributed by atoms with E-state index in [-0.39, 0.29) is 11.4 Å². The number of sulfonamides is 1. The number of anilines is 2. The van der Waals surface area contributed by atoms with Gasteiger partial charge in [0.1, 0.15) is 12.2 Å². The number of rotatable bonds is 2. The number of benzene rings is 2. The first-order valence-corrected chi connectivity index (χ1v) is 7.68. The summed E-state index contributed by atoms with van der Waals surface area (Å²) >= 11 is 0. The van der Waals surface area contributed by atoms with Crippen molar-refractivity contribution in [1.82, 2.24) is 0 Å². The van der Waals surface area contributed by atoms with Gasteiger partial charge in [-0.15, -0.1) is 0 Å².